The molecule has 78 valence electrons. The van der Waals surface area contributed by atoms with Gasteiger partial charge in [0.2, 0.25) is 0 Å². The summed E-state index contributed by atoms with van der Waals surface area (Å²) in [5.41, 5.74) is 2.18. The molecule has 0 aliphatic carbocycles. The predicted octanol–water partition coefficient (Wildman–Crippen LogP) is 3.21. The van der Waals surface area contributed by atoms with Gasteiger partial charge in [-0.25, -0.2) is 0 Å². The lowest BCUT2D eigenvalue weighted by molar-refractivity contribution is 0.693. The lowest BCUT2D eigenvalue weighted by atomic mass is 10.2. The molecule has 1 aromatic rings. The van der Waals surface area contributed by atoms with Gasteiger partial charge in [0.1, 0.15) is 0 Å². The van der Waals surface area contributed by atoms with E-state index < -0.39 is 0 Å². The largest absolute Gasteiger partial charge is 0.382 e. The van der Waals surface area contributed by atoms with E-state index in [0.29, 0.717) is 6.04 Å². The van der Waals surface area contributed by atoms with Gasteiger partial charge in [0.05, 0.1) is 0 Å². The molecule has 0 fully saturated rings. The zero-order chi connectivity index (χ0) is 10.4. The lowest BCUT2D eigenvalue weighted by Crippen LogP contribution is -2.15. The van der Waals surface area contributed by atoms with Gasteiger partial charge >= 0.3 is 0 Å². The van der Waals surface area contributed by atoms with Gasteiger partial charge in [0.15, 0.2) is 0 Å². The number of hydrogen-bond donors (Lipinski definition) is 1. The van der Waals surface area contributed by atoms with Crippen LogP contribution in [0.2, 0.25) is 0 Å². The zero-order valence-corrected chi connectivity index (χ0v) is 9.51. The Balaban J connectivity index is 2.43. The Kier molecular flexibility index (Phi) is 4.74. The molecule has 2 nitrogen and oxygen atoms in total. The van der Waals surface area contributed by atoms with E-state index in [1.807, 2.05) is 19.2 Å². The van der Waals surface area contributed by atoms with Gasteiger partial charge in [-0.15, -0.1) is 11.6 Å². The smallest absolute Gasteiger partial charge is 0.0393 e. The normalized spacial score (nSPS) is 12.5. The highest BCUT2D eigenvalue weighted by molar-refractivity contribution is 6.17. The zero-order valence-electron chi connectivity index (χ0n) is 8.76. The van der Waals surface area contributed by atoms with Crippen LogP contribution >= 0.6 is 11.6 Å². The number of pyridine rings is 1. The summed E-state index contributed by atoms with van der Waals surface area (Å²) in [6, 6.07) is 4.51. The van der Waals surface area contributed by atoms with Crippen LogP contribution in [0, 0.1) is 6.92 Å². The first-order chi connectivity index (χ1) is 6.72. The molecule has 1 atom stereocenters. The number of halogens is 1. The maximum Gasteiger partial charge on any atom is 0.0393 e. The number of nitrogens with zero attached hydrogens (tertiary/aromatic N) is 1. The van der Waals surface area contributed by atoms with Gasteiger partial charge in [0.25, 0.3) is 0 Å². The quantitative estimate of drug-likeness (QED) is 0.759. The van der Waals surface area contributed by atoms with E-state index in [2.05, 4.69) is 23.3 Å². The summed E-state index contributed by atoms with van der Waals surface area (Å²) in [6.07, 6.45) is 3.98. The van der Waals surface area contributed by atoms with Crippen molar-refractivity contribution in [3.05, 3.63) is 24.0 Å². The van der Waals surface area contributed by atoms with Gasteiger partial charge in [-0.05, 0) is 38.8 Å². The van der Waals surface area contributed by atoms with Crippen LogP contribution in [0.15, 0.2) is 18.3 Å². The average molecular weight is 213 g/mol. The minimum absolute atomic E-state index is 0.468. The van der Waals surface area contributed by atoms with Crippen molar-refractivity contribution >= 4 is 17.3 Å². The Hall–Kier alpha value is -0.760. The predicted molar refractivity (Wildman–Crippen MR) is 62.0 cm³/mol. The monoisotopic (exact) mass is 212 g/mol. The first-order valence-corrected chi connectivity index (χ1v) is 5.51. The molecule has 0 spiro atoms. The van der Waals surface area contributed by atoms with E-state index >= 15 is 0 Å². The topological polar surface area (TPSA) is 24.9 Å². The molecule has 0 aliphatic rings. The highest BCUT2D eigenvalue weighted by Gasteiger charge is 2.01. The molecule has 0 bridgehead atoms. The van der Waals surface area contributed by atoms with Crippen molar-refractivity contribution in [3.63, 3.8) is 0 Å². The van der Waals surface area contributed by atoms with E-state index in [-0.39, 0.29) is 0 Å². The summed E-state index contributed by atoms with van der Waals surface area (Å²) in [4.78, 5) is 4.15. The van der Waals surface area contributed by atoms with E-state index in [4.69, 9.17) is 11.6 Å². The van der Waals surface area contributed by atoms with Crippen molar-refractivity contribution < 1.29 is 0 Å². The maximum absolute atomic E-state index is 5.64. The third-order valence-electron chi connectivity index (χ3n) is 2.08. The Morgan fingerprint density at radius 1 is 1.57 bits per heavy atom. The van der Waals surface area contributed by atoms with Gasteiger partial charge in [-0.2, -0.15) is 0 Å². The number of rotatable bonds is 5. The van der Waals surface area contributed by atoms with Crippen LogP contribution in [0.3, 0.4) is 0 Å². The van der Waals surface area contributed by atoms with Crippen molar-refractivity contribution in [2.24, 2.45) is 0 Å². The Bertz CT molecular complexity index is 276. The van der Waals surface area contributed by atoms with Gasteiger partial charge in [0, 0.05) is 29.5 Å². The van der Waals surface area contributed by atoms with Gasteiger partial charge < -0.3 is 5.32 Å². The summed E-state index contributed by atoms with van der Waals surface area (Å²) in [6.45, 7) is 4.16. The first kappa shape index (κ1) is 11.3. The summed E-state index contributed by atoms with van der Waals surface area (Å²) in [5.74, 6) is 0.737. The number of anilines is 1. The summed E-state index contributed by atoms with van der Waals surface area (Å²) >= 11 is 5.64. The van der Waals surface area contributed by atoms with Crippen molar-refractivity contribution in [2.75, 3.05) is 11.2 Å². The van der Waals surface area contributed by atoms with Crippen molar-refractivity contribution in [1.82, 2.24) is 4.98 Å². The molecule has 1 N–H and O–H groups in total. The molecule has 1 rings (SSSR count). The second-order valence-corrected chi connectivity index (χ2v) is 3.94. The third kappa shape index (κ3) is 3.97. The fraction of sp³-hybridized carbons (Fsp3) is 0.545. The van der Waals surface area contributed by atoms with Crippen LogP contribution in [0.25, 0.3) is 0 Å². The second kappa shape index (κ2) is 5.86. The van der Waals surface area contributed by atoms with Gasteiger partial charge in [-0.1, -0.05) is 0 Å². The van der Waals surface area contributed by atoms with Crippen LogP contribution in [0.5, 0.6) is 0 Å². The molecule has 3 heteroatoms. The summed E-state index contributed by atoms with van der Waals surface area (Å²) in [5, 5.41) is 3.42. The Morgan fingerprint density at radius 3 is 3.00 bits per heavy atom. The highest BCUT2D eigenvalue weighted by atomic mass is 35.5. The number of hydrogen-bond acceptors (Lipinski definition) is 2. The standard InChI is InChI=1S/C11H17ClN2/c1-9(4-3-6-12)14-11-5-7-13-10(2)8-11/h5,7-9H,3-4,6H2,1-2H3,(H,13,14). The van der Waals surface area contributed by atoms with Crippen molar-refractivity contribution in [1.29, 1.82) is 0 Å². The molecule has 1 heterocycles. The van der Waals surface area contributed by atoms with E-state index in [1.165, 1.54) is 0 Å². The second-order valence-electron chi connectivity index (χ2n) is 3.56. The minimum atomic E-state index is 0.468. The van der Waals surface area contributed by atoms with Gasteiger partial charge in [-0.3, -0.25) is 4.98 Å². The van der Waals surface area contributed by atoms with Crippen molar-refractivity contribution in [3.8, 4) is 0 Å². The molecule has 1 aromatic heterocycles. The van der Waals surface area contributed by atoms with E-state index in [1.54, 1.807) is 0 Å². The van der Waals surface area contributed by atoms with Crippen LogP contribution in [0.1, 0.15) is 25.5 Å². The molecule has 14 heavy (non-hydrogen) atoms. The summed E-state index contributed by atoms with van der Waals surface area (Å²) in [7, 11) is 0. The summed E-state index contributed by atoms with van der Waals surface area (Å²) < 4.78 is 0. The maximum atomic E-state index is 5.64. The molecule has 0 aromatic carbocycles. The number of aryl methyl sites for hydroxylation is 1. The minimum Gasteiger partial charge on any atom is -0.382 e. The third-order valence-corrected chi connectivity index (χ3v) is 2.35. The van der Waals surface area contributed by atoms with Crippen LogP contribution in [-0.4, -0.2) is 16.9 Å². The number of nitrogens with one attached hydrogen (secondary N) is 1. The highest BCUT2D eigenvalue weighted by Crippen LogP contribution is 2.11. The molecule has 0 radical (unpaired) electrons. The Morgan fingerprint density at radius 2 is 2.36 bits per heavy atom. The fourth-order valence-electron chi connectivity index (χ4n) is 1.38. The fourth-order valence-corrected chi connectivity index (χ4v) is 1.53. The Labute approximate surface area is 90.7 Å². The average Bonchev–Trinajstić information content (AvgIpc) is 2.15. The molecular formula is C11H17ClN2. The molecular weight excluding hydrogens is 196 g/mol. The number of alkyl halides is 1. The molecule has 0 aliphatic heterocycles. The molecule has 0 saturated heterocycles. The van der Waals surface area contributed by atoms with Crippen LogP contribution in [0.4, 0.5) is 5.69 Å². The van der Waals surface area contributed by atoms with Crippen molar-refractivity contribution in [2.45, 2.75) is 32.7 Å². The first-order valence-electron chi connectivity index (χ1n) is 4.97. The lowest BCUT2D eigenvalue weighted by Gasteiger charge is -2.14. The van der Waals surface area contributed by atoms with E-state index in [9.17, 15) is 0 Å². The number of aromatic nitrogens is 1. The van der Waals surface area contributed by atoms with Crippen LogP contribution in [-0.2, 0) is 0 Å². The molecule has 0 saturated carbocycles. The molecule has 0 amide bonds. The van der Waals surface area contributed by atoms with E-state index in [0.717, 1.165) is 30.1 Å². The molecule has 1 unspecified atom stereocenters. The SMILES string of the molecule is Cc1cc(NC(C)CCCCl)ccn1. The van der Waals surface area contributed by atoms with Crippen LogP contribution < -0.4 is 5.32 Å².